The Labute approximate surface area is 101 Å². The summed E-state index contributed by atoms with van der Waals surface area (Å²) in [5.41, 5.74) is 5.33. The van der Waals surface area contributed by atoms with Gasteiger partial charge >= 0.3 is 12.0 Å². The van der Waals surface area contributed by atoms with Crippen molar-refractivity contribution < 1.29 is 14.7 Å². The molecule has 1 fully saturated rings. The van der Waals surface area contributed by atoms with Crippen molar-refractivity contribution in [1.29, 1.82) is 0 Å². The van der Waals surface area contributed by atoms with Crippen LogP contribution in [0.15, 0.2) is 0 Å². The number of nitrogens with zero attached hydrogens (tertiary/aromatic N) is 2. The SMILES string of the molecule is CN1CCN(C(=O)NCC[C@H](N)C(=O)O)CC1. The van der Waals surface area contributed by atoms with E-state index in [1.807, 2.05) is 7.05 Å². The fourth-order valence-electron chi connectivity index (χ4n) is 1.58. The summed E-state index contributed by atoms with van der Waals surface area (Å²) in [4.78, 5) is 26.0. The molecule has 7 heteroatoms. The largest absolute Gasteiger partial charge is 0.480 e. The fourth-order valence-corrected chi connectivity index (χ4v) is 1.58. The second-order valence-electron chi connectivity index (χ2n) is 4.26. The van der Waals surface area contributed by atoms with E-state index in [9.17, 15) is 9.59 Å². The summed E-state index contributed by atoms with van der Waals surface area (Å²) in [6, 6.07) is -1.06. The van der Waals surface area contributed by atoms with Crippen LogP contribution in [0.5, 0.6) is 0 Å². The molecule has 1 heterocycles. The van der Waals surface area contributed by atoms with Gasteiger partial charge in [-0.15, -0.1) is 0 Å². The molecule has 0 aromatic heterocycles. The monoisotopic (exact) mass is 244 g/mol. The minimum Gasteiger partial charge on any atom is -0.480 e. The minimum atomic E-state index is -1.04. The number of amides is 2. The number of carboxylic acid groups (broad SMARTS) is 1. The number of hydrogen-bond donors (Lipinski definition) is 3. The van der Waals surface area contributed by atoms with Gasteiger partial charge in [0, 0.05) is 32.7 Å². The molecule has 0 aliphatic carbocycles. The predicted octanol–water partition coefficient (Wildman–Crippen LogP) is -1.25. The summed E-state index contributed by atoms with van der Waals surface area (Å²) in [7, 11) is 2.02. The molecule has 0 unspecified atom stereocenters. The molecular formula is C10H20N4O3. The normalized spacial score (nSPS) is 18.8. The van der Waals surface area contributed by atoms with Crippen molar-refractivity contribution in [2.24, 2.45) is 5.73 Å². The molecule has 2 amide bonds. The zero-order chi connectivity index (χ0) is 12.8. The van der Waals surface area contributed by atoms with Gasteiger partial charge in [0.15, 0.2) is 0 Å². The van der Waals surface area contributed by atoms with E-state index >= 15 is 0 Å². The maximum absolute atomic E-state index is 11.7. The lowest BCUT2D eigenvalue weighted by Crippen LogP contribution is -2.51. The van der Waals surface area contributed by atoms with E-state index in [2.05, 4.69) is 10.2 Å². The molecule has 1 aliphatic rings. The third kappa shape index (κ3) is 4.58. The van der Waals surface area contributed by atoms with Crippen molar-refractivity contribution in [1.82, 2.24) is 15.1 Å². The Morgan fingerprint density at radius 2 is 1.94 bits per heavy atom. The number of nitrogens with one attached hydrogen (secondary N) is 1. The fraction of sp³-hybridized carbons (Fsp3) is 0.800. The highest BCUT2D eigenvalue weighted by molar-refractivity contribution is 5.75. The van der Waals surface area contributed by atoms with E-state index in [4.69, 9.17) is 10.8 Å². The summed E-state index contributed by atoms with van der Waals surface area (Å²) in [5, 5.41) is 11.2. The zero-order valence-electron chi connectivity index (χ0n) is 10.1. The number of carbonyl (C=O) groups is 2. The van der Waals surface area contributed by atoms with Gasteiger partial charge in [0.05, 0.1) is 0 Å². The third-order valence-corrected chi connectivity index (χ3v) is 2.84. The number of likely N-dealkylation sites (N-methyl/N-ethyl adjacent to an activating group) is 1. The van der Waals surface area contributed by atoms with Crippen LogP contribution in [0.3, 0.4) is 0 Å². The number of carboxylic acids is 1. The second kappa shape index (κ2) is 6.41. The van der Waals surface area contributed by atoms with Crippen LogP contribution in [-0.2, 0) is 4.79 Å². The molecule has 0 aromatic rings. The molecule has 1 rings (SSSR count). The van der Waals surface area contributed by atoms with Crippen molar-refractivity contribution in [2.45, 2.75) is 12.5 Å². The Morgan fingerprint density at radius 3 is 2.47 bits per heavy atom. The van der Waals surface area contributed by atoms with Crippen molar-refractivity contribution in [3.63, 3.8) is 0 Å². The van der Waals surface area contributed by atoms with Crippen LogP contribution in [-0.4, -0.2) is 72.7 Å². The average molecular weight is 244 g/mol. The van der Waals surface area contributed by atoms with Gasteiger partial charge in [0.25, 0.3) is 0 Å². The second-order valence-corrected chi connectivity index (χ2v) is 4.26. The van der Waals surface area contributed by atoms with E-state index in [-0.39, 0.29) is 12.5 Å². The van der Waals surface area contributed by atoms with Crippen LogP contribution >= 0.6 is 0 Å². The number of carbonyl (C=O) groups excluding carboxylic acids is 1. The molecule has 1 saturated heterocycles. The van der Waals surface area contributed by atoms with E-state index in [1.165, 1.54) is 0 Å². The lowest BCUT2D eigenvalue weighted by molar-refractivity contribution is -0.138. The molecular weight excluding hydrogens is 224 g/mol. The van der Waals surface area contributed by atoms with Crippen LogP contribution < -0.4 is 11.1 Å². The van der Waals surface area contributed by atoms with E-state index in [1.54, 1.807) is 4.90 Å². The minimum absolute atomic E-state index is 0.143. The Bertz CT molecular complexity index is 277. The zero-order valence-corrected chi connectivity index (χ0v) is 10.1. The van der Waals surface area contributed by atoms with Crippen LogP contribution in [0.2, 0.25) is 0 Å². The van der Waals surface area contributed by atoms with Gasteiger partial charge in [0.2, 0.25) is 0 Å². The average Bonchev–Trinajstić information content (AvgIpc) is 2.29. The first-order valence-corrected chi connectivity index (χ1v) is 5.70. The van der Waals surface area contributed by atoms with Crippen LogP contribution in [0, 0.1) is 0 Å². The van der Waals surface area contributed by atoms with Crippen molar-refractivity contribution >= 4 is 12.0 Å². The highest BCUT2D eigenvalue weighted by atomic mass is 16.4. The Kier molecular flexibility index (Phi) is 5.17. The van der Waals surface area contributed by atoms with Gasteiger partial charge in [-0.25, -0.2) is 4.79 Å². The number of urea groups is 1. The van der Waals surface area contributed by atoms with Crippen molar-refractivity contribution in [2.75, 3.05) is 39.8 Å². The van der Waals surface area contributed by atoms with E-state index in [0.717, 1.165) is 13.1 Å². The first-order chi connectivity index (χ1) is 8.00. The lowest BCUT2D eigenvalue weighted by atomic mass is 10.2. The molecule has 17 heavy (non-hydrogen) atoms. The Morgan fingerprint density at radius 1 is 1.35 bits per heavy atom. The van der Waals surface area contributed by atoms with Gasteiger partial charge in [-0.1, -0.05) is 0 Å². The topological polar surface area (TPSA) is 98.9 Å². The number of aliphatic carboxylic acids is 1. The Hall–Kier alpha value is -1.34. The molecule has 1 atom stereocenters. The van der Waals surface area contributed by atoms with E-state index in [0.29, 0.717) is 19.6 Å². The first kappa shape index (κ1) is 13.7. The molecule has 0 spiro atoms. The molecule has 98 valence electrons. The third-order valence-electron chi connectivity index (χ3n) is 2.84. The Balaban J connectivity index is 2.19. The van der Waals surface area contributed by atoms with Gasteiger partial charge in [-0.2, -0.15) is 0 Å². The molecule has 0 bridgehead atoms. The predicted molar refractivity (Wildman–Crippen MR) is 62.7 cm³/mol. The summed E-state index contributed by atoms with van der Waals surface area (Å²) in [6.45, 7) is 3.42. The quantitative estimate of drug-likeness (QED) is 0.573. The van der Waals surface area contributed by atoms with Gasteiger partial charge in [0.1, 0.15) is 6.04 Å². The number of rotatable bonds is 4. The van der Waals surface area contributed by atoms with Crippen LogP contribution in [0.25, 0.3) is 0 Å². The van der Waals surface area contributed by atoms with Crippen LogP contribution in [0.4, 0.5) is 4.79 Å². The van der Waals surface area contributed by atoms with Gasteiger partial charge in [-0.3, -0.25) is 4.79 Å². The molecule has 0 saturated carbocycles. The number of piperazine rings is 1. The first-order valence-electron chi connectivity index (χ1n) is 5.70. The standard InChI is InChI=1S/C10H20N4O3/c1-13-4-6-14(7-5-13)10(17)12-3-2-8(11)9(15)16/h8H,2-7,11H2,1H3,(H,12,17)(H,15,16)/t8-/m0/s1. The van der Waals surface area contributed by atoms with Crippen molar-refractivity contribution in [3.05, 3.63) is 0 Å². The highest BCUT2D eigenvalue weighted by Crippen LogP contribution is 1.99. The summed E-state index contributed by atoms with van der Waals surface area (Å²) < 4.78 is 0. The van der Waals surface area contributed by atoms with Gasteiger partial charge < -0.3 is 26.0 Å². The summed E-state index contributed by atoms with van der Waals surface area (Å²) >= 11 is 0. The van der Waals surface area contributed by atoms with E-state index < -0.39 is 12.0 Å². The van der Waals surface area contributed by atoms with Crippen molar-refractivity contribution in [3.8, 4) is 0 Å². The van der Waals surface area contributed by atoms with Gasteiger partial charge in [-0.05, 0) is 13.5 Å². The molecule has 0 aromatic carbocycles. The molecule has 7 nitrogen and oxygen atoms in total. The summed E-state index contributed by atoms with van der Waals surface area (Å²) in [5.74, 6) is -1.04. The smallest absolute Gasteiger partial charge is 0.320 e. The summed E-state index contributed by atoms with van der Waals surface area (Å²) in [6.07, 6.45) is 0.245. The lowest BCUT2D eigenvalue weighted by Gasteiger charge is -2.32. The number of hydrogen-bond acceptors (Lipinski definition) is 4. The molecule has 0 radical (unpaired) electrons. The molecule has 4 N–H and O–H groups in total. The maximum atomic E-state index is 11.7. The molecule has 1 aliphatic heterocycles. The highest BCUT2D eigenvalue weighted by Gasteiger charge is 2.19. The van der Waals surface area contributed by atoms with Crippen LogP contribution in [0.1, 0.15) is 6.42 Å². The maximum Gasteiger partial charge on any atom is 0.320 e. The number of nitrogens with two attached hydrogens (primary N) is 1.